The Labute approximate surface area is 131 Å². The highest BCUT2D eigenvalue weighted by Gasteiger charge is 2.18. The highest BCUT2D eigenvalue weighted by Crippen LogP contribution is 2.21. The summed E-state index contributed by atoms with van der Waals surface area (Å²) in [7, 11) is 1.53. The molecule has 1 aromatic rings. The van der Waals surface area contributed by atoms with Gasteiger partial charge in [-0.25, -0.2) is 8.42 Å². The van der Waals surface area contributed by atoms with Crippen LogP contribution in [0.1, 0.15) is 49.5 Å². The SMILES string of the molecule is CCC(C)CC(C)NC(=O)c1ccc(C)c(S(=O)(=O)Cl)c1. The first-order valence-electron chi connectivity index (χ1n) is 7.01. The Balaban J connectivity index is 2.89. The predicted octanol–water partition coefficient (Wildman–Crippen LogP) is 3.48. The van der Waals surface area contributed by atoms with Crippen molar-refractivity contribution in [2.24, 2.45) is 5.92 Å². The number of halogens is 1. The van der Waals surface area contributed by atoms with Crippen molar-refractivity contribution < 1.29 is 13.2 Å². The van der Waals surface area contributed by atoms with E-state index in [9.17, 15) is 13.2 Å². The van der Waals surface area contributed by atoms with Gasteiger partial charge in [0.25, 0.3) is 15.0 Å². The molecule has 1 rings (SSSR count). The molecule has 0 aromatic heterocycles. The van der Waals surface area contributed by atoms with Gasteiger partial charge in [0.1, 0.15) is 0 Å². The molecule has 1 amide bonds. The lowest BCUT2D eigenvalue weighted by Crippen LogP contribution is -2.33. The molecule has 118 valence electrons. The molecular weight excluding hydrogens is 310 g/mol. The molecule has 0 aliphatic carbocycles. The zero-order chi connectivity index (χ0) is 16.2. The second kappa shape index (κ2) is 7.27. The zero-order valence-electron chi connectivity index (χ0n) is 12.8. The molecule has 0 bridgehead atoms. The summed E-state index contributed by atoms with van der Waals surface area (Å²) in [6, 6.07) is 4.54. The van der Waals surface area contributed by atoms with Gasteiger partial charge >= 0.3 is 0 Å². The van der Waals surface area contributed by atoms with Crippen LogP contribution >= 0.6 is 10.7 Å². The van der Waals surface area contributed by atoms with Crippen LogP contribution in [0.4, 0.5) is 0 Å². The first kappa shape index (κ1) is 18.0. The number of aryl methyl sites for hydroxylation is 1. The summed E-state index contributed by atoms with van der Waals surface area (Å²) in [4.78, 5) is 12.1. The Bertz CT molecular complexity index is 613. The number of rotatable bonds is 6. The Kier molecular flexibility index (Phi) is 6.23. The van der Waals surface area contributed by atoms with Crippen LogP contribution in [0.5, 0.6) is 0 Å². The fourth-order valence-corrected chi connectivity index (χ4v) is 3.36. The van der Waals surface area contributed by atoms with E-state index in [2.05, 4.69) is 19.2 Å². The van der Waals surface area contributed by atoms with Gasteiger partial charge in [-0.2, -0.15) is 0 Å². The van der Waals surface area contributed by atoms with Crippen molar-refractivity contribution in [2.45, 2.75) is 51.5 Å². The molecule has 0 spiro atoms. The van der Waals surface area contributed by atoms with Gasteiger partial charge in [0.2, 0.25) is 0 Å². The van der Waals surface area contributed by atoms with Crippen LogP contribution in [0.15, 0.2) is 23.1 Å². The molecule has 4 nitrogen and oxygen atoms in total. The van der Waals surface area contributed by atoms with E-state index in [0.29, 0.717) is 17.0 Å². The van der Waals surface area contributed by atoms with Crippen molar-refractivity contribution >= 4 is 25.6 Å². The molecule has 21 heavy (non-hydrogen) atoms. The summed E-state index contributed by atoms with van der Waals surface area (Å²) in [5.74, 6) is 0.240. The number of carbonyl (C=O) groups excluding carboxylic acids is 1. The van der Waals surface area contributed by atoms with Crippen LogP contribution in [0.3, 0.4) is 0 Å². The molecule has 1 N–H and O–H groups in total. The fraction of sp³-hybridized carbons (Fsp3) is 0.533. The zero-order valence-corrected chi connectivity index (χ0v) is 14.4. The molecule has 1 aromatic carbocycles. The standard InChI is InChI=1S/C15H22ClNO3S/c1-5-10(2)8-12(4)17-15(18)13-7-6-11(3)14(9-13)21(16,19)20/h6-7,9-10,12H,5,8H2,1-4H3,(H,17,18). The van der Waals surface area contributed by atoms with Gasteiger partial charge in [-0.05, 0) is 43.9 Å². The van der Waals surface area contributed by atoms with Crippen molar-refractivity contribution in [3.05, 3.63) is 29.3 Å². The average Bonchev–Trinajstić information content (AvgIpc) is 2.37. The van der Waals surface area contributed by atoms with E-state index in [0.717, 1.165) is 12.8 Å². The summed E-state index contributed by atoms with van der Waals surface area (Å²) in [5, 5.41) is 2.88. The lowest BCUT2D eigenvalue weighted by Gasteiger charge is -2.17. The fourth-order valence-electron chi connectivity index (χ4n) is 2.14. The molecule has 2 unspecified atom stereocenters. The van der Waals surface area contributed by atoms with E-state index >= 15 is 0 Å². The third-order valence-corrected chi connectivity index (χ3v) is 5.01. The lowest BCUT2D eigenvalue weighted by atomic mass is 10.00. The van der Waals surface area contributed by atoms with Crippen LogP contribution in [-0.2, 0) is 9.05 Å². The van der Waals surface area contributed by atoms with Gasteiger partial charge in [-0.1, -0.05) is 26.3 Å². The summed E-state index contributed by atoms with van der Waals surface area (Å²) in [5.41, 5.74) is 0.824. The normalized spacial score (nSPS) is 14.5. The van der Waals surface area contributed by atoms with Gasteiger partial charge in [0.05, 0.1) is 4.90 Å². The molecule has 0 aliphatic heterocycles. The Hall–Kier alpha value is -1.07. The van der Waals surface area contributed by atoms with Gasteiger partial charge in [0, 0.05) is 22.3 Å². The summed E-state index contributed by atoms with van der Waals surface area (Å²) in [6.45, 7) is 7.82. The summed E-state index contributed by atoms with van der Waals surface area (Å²) >= 11 is 0. The Morgan fingerprint density at radius 1 is 1.33 bits per heavy atom. The Morgan fingerprint density at radius 2 is 1.95 bits per heavy atom. The minimum absolute atomic E-state index is 0.0219. The highest BCUT2D eigenvalue weighted by molar-refractivity contribution is 8.13. The molecule has 2 atom stereocenters. The van der Waals surface area contributed by atoms with E-state index in [1.54, 1.807) is 19.1 Å². The van der Waals surface area contributed by atoms with Gasteiger partial charge in [0.15, 0.2) is 0 Å². The van der Waals surface area contributed by atoms with Gasteiger partial charge < -0.3 is 5.32 Å². The number of nitrogens with one attached hydrogen (secondary N) is 1. The summed E-state index contributed by atoms with van der Waals surface area (Å²) < 4.78 is 22.9. The number of hydrogen-bond acceptors (Lipinski definition) is 3. The van der Waals surface area contributed by atoms with Crippen molar-refractivity contribution in [1.29, 1.82) is 0 Å². The molecular formula is C15H22ClNO3S. The average molecular weight is 332 g/mol. The molecule has 0 fully saturated rings. The van der Waals surface area contributed by atoms with Crippen LogP contribution in [0.2, 0.25) is 0 Å². The maximum absolute atomic E-state index is 12.2. The van der Waals surface area contributed by atoms with Crippen molar-refractivity contribution in [3.63, 3.8) is 0 Å². The number of carbonyl (C=O) groups is 1. The highest BCUT2D eigenvalue weighted by atomic mass is 35.7. The smallest absolute Gasteiger partial charge is 0.261 e. The second-order valence-corrected chi connectivity index (χ2v) is 8.08. The minimum atomic E-state index is -3.85. The summed E-state index contributed by atoms with van der Waals surface area (Å²) in [6.07, 6.45) is 1.94. The number of amides is 1. The van der Waals surface area contributed by atoms with Crippen LogP contribution in [-0.4, -0.2) is 20.4 Å². The van der Waals surface area contributed by atoms with Crippen LogP contribution < -0.4 is 5.32 Å². The predicted molar refractivity (Wildman–Crippen MR) is 85.2 cm³/mol. The topological polar surface area (TPSA) is 63.2 Å². The third-order valence-electron chi connectivity index (χ3n) is 3.54. The van der Waals surface area contributed by atoms with Crippen LogP contribution in [0, 0.1) is 12.8 Å². The molecule has 0 heterocycles. The molecule has 0 saturated heterocycles. The monoisotopic (exact) mass is 331 g/mol. The second-order valence-electron chi connectivity index (χ2n) is 5.54. The van der Waals surface area contributed by atoms with E-state index in [-0.39, 0.29) is 16.8 Å². The largest absolute Gasteiger partial charge is 0.350 e. The van der Waals surface area contributed by atoms with E-state index in [4.69, 9.17) is 10.7 Å². The first-order chi connectivity index (χ1) is 9.65. The molecule has 0 saturated carbocycles. The quantitative estimate of drug-likeness (QED) is 0.812. The number of benzene rings is 1. The van der Waals surface area contributed by atoms with E-state index in [1.165, 1.54) is 6.07 Å². The lowest BCUT2D eigenvalue weighted by molar-refractivity contribution is 0.0935. The van der Waals surface area contributed by atoms with Crippen molar-refractivity contribution in [1.82, 2.24) is 5.32 Å². The van der Waals surface area contributed by atoms with Crippen molar-refractivity contribution in [3.8, 4) is 0 Å². The van der Waals surface area contributed by atoms with E-state index < -0.39 is 9.05 Å². The van der Waals surface area contributed by atoms with Crippen LogP contribution in [0.25, 0.3) is 0 Å². The molecule has 6 heteroatoms. The van der Waals surface area contributed by atoms with Gasteiger partial charge in [-0.15, -0.1) is 0 Å². The first-order valence-corrected chi connectivity index (χ1v) is 9.32. The van der Waals surface area contributed by atoms with Gasteiger partial charge in [-0.3, -0.25) is 4.79 Å². The molecule has 0 radical (unpaired) electrons. The maximum atomic E-state index is 12.2. The third kappa shape index (κ3) is 5.32. The van der Waals surface area contributed by atoms with E-state index in [1.807, 2.05) is 6.92 Å². The Morgan fingerprint density at radius 3 is 2.48 bits per heavy atom. The van der Waals surface area contributed by atoms with Crippen molar-refractivity contribution in [2.75, 3.05) is 0 Å². The maximum Gasteiger partial charge on any atom is 0.261 e. The minimum Gasteiger partial charge on any atom is -0.350 e. The molecule has 0 aliphatic rings. The number of hydrogen-bond donors (Lipinski definition) is 1.